The Morgan fingerprint density at radius 1 is 1.24 bits per heavy atom. The summed E-state index contributed by atoms with van der Waals surface area (Å²) in [5.74, 6) is 0.386. The third kappa shape index (κ3) is 1.71. The summed E-state index contributed by atoms with van der Waals surface area (Å²) >= 11 is 0. The van der Waals surface area contributed by atoms with Crippen LogP contribution in [0.3, 0.4) is 0 Å². The van der Waals surface area contributed by atoms with Crippen LogP contribution < -0.4 is 0 Å². The van der Waals surface area contributed by atoms with Gasteiger partial charge in [0.05, 0.1) is 5.60 Å². The van der Waals surface area contributed by atoms with Gasteiger partial charge < -0.3 is 9.84 Å². The van der Waals surface area contributed by atoms with E-state index in [0.29, 0.717) is 5.92 Å². The molecule has 0 spiro atoms. The van der Waals surface area contributed by atoms with Crippen LogP contribution in [0.1, 0.15) is 32.8 Å². The zero-order chi connectivity index (χ0) is 12.7. The third-order valence-electron chi connectivity index (χ3n) is 4.59. The number of benzene rings is 1. The van der Waals surface area contributed by atoms with Gasteiger partial charge in [-0.1, -0.05) is 44.2 Å². The summed E-state index contributed by atoms with van der Waals surface area (Å²) in [4.78, 5) is 0. The van der Waals surface area contributed by atoms with Crippen LogP contribution in [0.15, 0.2) is 30.3 Å². The Morgan fingerprint density at radius 2 is 1.82 bits per heavy atom. The maximum Gasteiger partial charge on any atom is 0.101 e. The zero-order valence-electron chi connectivity index (χ0n) is 11.1. The van der Waals surface area contributed by atoms with Gasteiger partial charge in [-0.2, -0.15) is 0 Å². The summed E-state index contributed by atoms with van der Waals surface area (Å²) in [5, 5.41) is 10.5. The van der Waals surface area contributed by atoms with E-state index in [4.69, 9.17) is 4.74 Å². The van der Waals surface area contributed by atoms with E-state index in [1.807, 2.05) is 25.1 Å². The van der Waals surface area contributed by atoms with Gasteiger partial charge in [-0.3, -0.25) is 0 Å². The van der Waals surface area contributed by atoms with Crippen LogP contribution in [-0.2, 0) is 10.3 Å². The first-order valence-electron chi connectivity index (χ1n) is 6.28. The maximum absolute atomic E-state index is 10.5. The fraction of sp³-hybridized carbons (Fsp3) is 0.600. The molecule has 94 valence electrons. The molecule has 1 aromatic carbocycles. The highest BCUT2D eigenvalue weighted by Crippen LogP contribution is 2.54. The third-order valence-corrected chi connectivity index (χ3v) is 4.59. The summed E-state index contributed by atoms with van der Waals surface area (Å²) in [6.07, 6.45) is 0.775. The minimum absolute atomic E-state index is 0.0809. The predicted octanol–water partition coefficient (Wildman–Crippen LogP) is 2.96. The Morgan fingerprint density at radius 3 is 2.24 bits per heavy atom. The molecule has 1 aromatic rings. The molecule has 4 atom stereocenters. The molecule has 0 unspecified atom stereocenters. The molecular formula is C15H22O2. The standard InChI is InChI=1S/C15H22O2/c1-11-10-14(3,16)12(2)15(11,17-4)13-8-6-5-7-9-13/h5-9,11-12,16H,10H2,1-4H3/t11-,12+,14+,15-/m0/s1. The largest absolute Gasteiger partial charge is 0.390 e. The molecule has 0 amide bonds. The van der Waals surface area contributed by atoms with E-state index in [9.17, 15) is 5.11 Å². The fourth-order valence-corrected chi connectivity index (χ4v) is 3.57. The number of ether oxygens (including phenoxy) is 1. The van der Waals surface area contributed by atoms with Gasteiger partial charge in [-0.15, -0.1) is 0 Å². The van der Waals surface area contributed by atoms with E-state index in [0.717, 1.165) is 6.42 Å². The number of aliphatic hydroxyl groups is 1. The molecule has 0 bridgehead atoms. The second kappa shape index (κ2) is 4.11. The van der Waals surface area contributed by atoms with Crippen molar-refractivity contribution in [2.45, 2.75) is 38.4 Å². The molecule has 2 rings (SSSR count). The second-order valence-corrected chi connectivity index (χ2v) is 5.55. The molecule has 1 saturated carbocycles. The van der Waals surface area contributed by atoms with E-state index < -0.39 is 5.60 Å². The Hall–Kier alpha value is -0.860. The van der Waals surface area contributed by atoms with Crippen molar-refractivity contribution in [2.24, 2.45) is 11.8 Å². The van der Waals surface area contributed by atoms with Gasteiger partial charge in [-0.05, 0) is 24.8 Å². The molecule has 0 radical (unpaired) electrons. The summed E-state index contributed by atoms with van der Waals surface area (Å²) < 4.78 is 5.88. The normalized spacial score (nSPS) is 41.7. The van der Waals surface area contributed by atoms with E-state index in [1.165, 1.54) is 5.56 Å². The molecule has 2 nitrogen and oxygen atoms in total. The van der Waals surface area contributed by atoms with Crippen LogP contribution in [-0.4, -0.2) is 17.8 Å². The monoisotopic (exact) mass is 234 g/mol. The van der Waals surface area contributed by atoms with Crippen LogP contribution in [0.25, 0.3) is 0 Å². The van der Waals surface area contributed by atoms with Crippen molar-refractivity contribution < 1.29 is 9.84 Å². The first-order chi connectivity index (χ1) is 7.95. The molecule has 0 aliphatic heterocycles. The van der Waals surface area contributed by atoms with Crippen molar-refractivity contribution >= 4 is 0 Å². The van der Waals surface area contributed by atoms with Crippen molar-refractivity contribution in [1.82, 2.24) is 0 Å². The van der Waals surface area contributed by atoms with Crippen molar-refractivity contribution in [3.63, 3.8) is 0 Å². The molecule has 17 heavy (non-hydrogen) atoms. The van der Waals surface area contributed by atoms with Crippen molar-refractivity contribution in [3.8, 4) is 0 Å². The lowest BCUT2D eigenvalue weighted by atomic mass is 9.77. The van der Waals surface area contributed by atoms with Crippen LogP contribution >= 0.6 is 0 Å². The Bertz CT molecular complexity index is 385. The SMILES string of the molecule is CO[C@@]1(c2ccccc2)[C@@H](C)C[C@@](C)(O)[C@H]1C. The van der Waals surface area contributed by atoms with Crippen LogP contribution in [0, 0.1) is 11.8 Å². The molecule has 1 aliphatic carbocycles. The van der Waals surface area contributed by atoms with Crippen molar-refractivity contribution in [1.29, 1.82) is 0 Å². The molecule has 0 aromatic heterocycles. The van der Waals surface area contributed by atoms with Gasteiger partial charge in [0, 0.05) is 13.0 Å². The minimum Gasteiger partial charge on any atom is -0.390 e. The van der Waals surface area contributed by atoms with Crippen LogP contribution in [0.2, 0.25) is 0 Å². The highest BCUT2D eigenvalue weighted by atomic mass is 16.5. The fourth-order valence-electron chi connectivity index (χ4n) is 3.57. The molecular weight excluding hydrogens is 212 g/mol. The summed E-state index contributed by atoms with van der Waals surface area (Å²) in [5.41, 5.74) is 0.135. The molecule has 0 heterocycles. The van der Waals surface area contributed by atoms with Crippen molar-refractivity contribution in [2.75, 3.05) is 7.11 Å². The molecule has 1 N–H and O–H groups in total. The summed E-state index contributed by atoms with van der Waals surface area (Å²) in [6.45, 7) is 6.16. The zero-order valence-corrected chi connectivity index (χ0v) is 11.1. The number of rotatable bonds is 2. The van der Waals surface area contributed by atoms with Gasteiger partial charge in [0.1, 0.15) is 5.60 Å². The number of methoxy groups -OCH3 is 1. The van der Waals surface area contributed by atoms with Gasteiger partial charge in [-0.25, -0.2) is 0 Å². The topological polar surface area (TPSA) is 29.5 Å². The quantitative estimate of drug-likeness (QED) is 0.852. The first kappa shape index (κ1) is 12.6. The maximum atomic E-state index is 10.5. The van der Waals surface area contributed by atoms with Gasteiger partial charge in [0.15, 0.2) is 0 Å². The highest BCUT2D eigenvalue weighted by Gasteiger charge is 2.57. The van der Waals surface area contributed by atoms with Crippen LogP contribution in [0.5, 0.6) is 0 Å². The second-order valence-electron chi connectivity index (χ2n) is 5.55. The smallest absolute Gasteiger partial charge is 0.101 e. The van der Waals surface area contributed by atoms with Gasteiger partial charge in [0.25, 0.3) is 0 Å². The lowest BCUT2D eigenvalue weighted by Crippen LogP contribution is -2.41. The Balaban J connectivity index is 2.52. The predicted molar refractivity (Wildman–Crippen MR) is 68.7 cm³/mol. The number of hydrogen-bond acceptors (Lipinski definition) is 2. The molecule has 2 heteroatoms. The van der Waals surface area contributed by atoms with E-state index in [1.54, 1.807) is 7.11 Å². The summed E-state index contributed by atoms with van der Waals surface area (Å²) in [6, 6.07) is 10.3. The van der Waals surface area contributed by atoms with Crippen LogP contribution in [0.4, 0.5) is 0 Å². The Labute approximate surface area is 104 Å². The first-order valence-corrected chi connectivity index (χ1v) is 6.28. The lowest BCUT2D eigenvalue weighted by molar-refractivity contribution is -0.101. The number of hydrogen-bond donors (Lipinski definition) is 1. The highest BCUT2D eigenvalue weighted by molar-refractivity contribution is 5.28. The molecule has 0 saturated heterocycles. The average Bonchev–Trinajstić information content (AvgIpc) is 2.48. The lowest BCUT2D eigenvalue weighted by Gasteiger charge is -2.39. The van der Waals surface area contributed by atoms with Gasteiger partial charge in [0.2, 0.25) is 0 Å². The minimum atomic E-state index is -0.661. The molecule has 1 fully saturated rings. The average molecular weight is 234 g/mol. The van der Waals surface area contributed by atoms with E-state index in [-0.39, 0.29) is 11.5 Å². The van der Waals surface area contributed by atoms with E-state index >= 15 is 0 Å². The summed E-state index contributed by atoms with van der Waals surface area (Å²) in [7, 11) is 1.75. The Kier molecular flexibility index (Phi) is 3.04. The molecule has 1 aliphatic rings. The van der Waals surface area contributed by atoms with E-state index in [2.05, 4.69) is 26.0 Å². The van der Waals surface area contributed by atoms with Gasteiger partial charge >= 0.3 is 0 Å². The van der Waals surface area contributed by atoms with Crippen molar-refractivity contribution in [3.05, 3.63) is 35.9 Å².